The second kappa shape index (κ2) is 7.45. The SMILES string of the molecule is CCN/C(=N\S(=O)(=O)c1ccc(OC)cc1)N1CC(CC)C=N1. The van der Waals surface area contributed by atoms with E-state index < -0.39 is 10.0 Å². The molecular weight excluding hydrogens is 316 g/mol. The van der Waals surface area contributed by atoms with Gasteiger partial charge in [0.1, 0.15) is 5.75 Å². The Morgan fingerprint density at radius 2 is 2.09 bits per heavy atom. The largest absolute Gasteiger partial charge is 0.497 e. The summed E-state index contributed by atoms with van der Waals surface area (Å²) in [5.41, 5.74) is 0. The number of rotatable bonds is 5. The molecule has 126 valence electrons. The Labute approximate surface area is 137 Å². The van der Waals surface area contributed by atoms with Crippen molar-refractivity contribution in [1.29, 1.82) is 0 Å². The van der Waals surface area contributed by atoms with E-state index >= 15 is 0 Å². The van der Waals surface area contributed by atoms with Crippen LogP contribution in [0.25, 0.3) is 0 Å². The van der Waals surface area contributed by atoms with Gasteiger partial charge in [0.2, 0.25) is 5.96 Å². The van der Waals surface area contributed by atoms with E-state index in [1.165, 1.54) is 19.2 Å². The summed E-state index contributed by atoms with van der Waals surface area (Å²) in [6.07, 6.45) is 2.78. The Kier molecular flexibility index (Phi) is 5.59. The van der Waals surface area contributed by atoms with Crippen molar-refractivity contribution < 1.29 is 13.2 Å². The quantitative estimate of drug-likeness (QED) is 0.652. The van der Waals surface area contributed by atoms with Crippen LogP contribution in [0.2, 0.25) is 0 Å². The first kappa shape index (κ1) is 17.3. The van der Waals surface area contributed by atoms with E-state index in [-0.39, 0.29) is 10.9 Å². The number of benzene rings is 1. The van der Waals surface area contributed by atoms with Crippen molar-refractivity contribution >= 4 is 22.2 Å². The lowest BCUT2D eigenvalue weighted by Gasteiger charge is -2.18. The smallest absolute Gasteiger partial charge is 0.285 e. The van der Waals surface area contributed by atoms with Crippen LogP contribution >= 0.6 is 0 Å². The minimum absolute atomic E-state index is 0.115. The highest BCUT2D eigenvalue weighted by Crippen LogP contribution is 2.18. The zero-order valence-corrected chi connectivity index (χ0v) is 14.4. The number of ether oxygens (including phenoxy) is 1. The third-order valence-corrected chi connectivity index (χ3v) is 4.77. The van der Waals surface area contributed by atoms with Crippen molar-refractivity contribution in [2.24, 2.45) is 15.4 Å². The first-order chi connectivity index (χ1) is 11.0. The minimum Gasteiger partial charge on any atom is -0.497 e. The van der Waals surface area contributed by atoms with Crippen molar-refractivity contribution in [3.8, 4) is 5.75 Å². The summed E-state index contributed by atoms with van der Waals surface area (Å²) in [6.45, 7) is 5.13. The molecule has 1 N–H and O–H groups in total. The van der Waals surface area contributed by atoms with Crippen LogP contribution in [-0.4, -0.2) is 45.8 Å². The number of sulfonamides is 1. The van der Waals surface area contributed by atoms with Crippen LogP contribution in [0.1, 0.15) is 20.3 Å². The van der Waals surface area contributed by atoms with Gasteiger partial charge < -0.3 is 10.1 Å². The van der Waals surface area contributed by atoms with Crippen molar-refractivity contribution in [3.05, 3.63) is 24.3 Å². The number of methoxy groups -OCH3 is 1. The topological polar surface area (TPSA) is 83.4 Å². The highest BCUT2D eigenvalue weighted by molar-refractivity contribution is 7.90. The molecule has 7 nitrogen and oxygen atoms in total. The van der Waals surface area contributed by atoms with E-state index in [4.69, 9.17) is 4.74 Å². The van der Waals surface area contributed by atoms with Gasteiger partial charge in [0, 0.05) is 18.7 Å². The van der Waals surface area contributed by atoms with Crippen LogP contribution in [0.3, 0.4) is 0 Å². The van der Waals surface area contributed by atoms with E-state index in [2.05, 4.69) is 21.7 Å². The Hall–Kier alpha value is -2.09. The van der Waals surface area contributed by atoms with Gasteiger partial charge in [-0.3, -0.25) is 0 Å². The molecule has 0 saturated carbocycles. The van der Waals surface area contributed by atoms with Gasteiger partial charge >= 0.3 is 0 Å². The molecule has 1 aromatic carbocycles. The molecule has 0 aromatic heterocycles. The van der Waals surface area contributed by atoms with E-state index in [0.29, 0.717) is 24.8 Å². The summed E-state index contributed by atoms with van der Waals surface area (Å²) >= 11 is 0. The number of nitrogens with one attached hydrogen (secondary N) is 1. The predicted octanol–water partition coefficient (Wildman–Crippen LogP) is 1.68. The molecule has 1 aliphatic rings. The molecule has 1 heterocycles. The van der Waals surface area contributed by atoms with Crippen molar-refractivity contribution in [2.45, 2.75) is 25.2 Å². The fourth-order valence-corrected chi connectivity index (χ4v) is 3.08. The minimum atomic E-state index is -3.81. The molecule has 1 unspecified atom stereocenters. The zero-order chi connectivity index (χ0) is 16.9. The summed E-state index contributed by atoms with van der Waals surface area (Å²) in [5.74, 6) is 1.15. The normalized spacial score (nSPS) is 18.3. The van der Waals surface area contributed by atoms with Gasteiger partial charge in [-0.15, -0.1) is 4.40 Å². The molecular formula is C15H22N4O3S. The number of nitrogens with zero attached hydrogens (tertiary/aromatic N) is 3. The first-order valence-corrected chi connectivity index (χ1v) is 8.98. The molecule has 1 aromatic rings. The average molecular weight is 338 g/mol. The second-order valence-corrected chi connectivity index (χ2v) is 6.71. The third kappa shape index (κ3) is 4.22. The summed E-state index contributed by atoms with van der Waals surface area (Å²) < 4.78 is 33.9. The van der Waals surface area contributed by atoms with Gasteiger partial charge in [-0.25, -0.2) is 5.01 Å². The molecule has 8 heteroatoms. The Bertz CT molecular complexity index is 683. The maximum atomic E-state index is 12.5. The summed E-state index contributed by atoms with van der Waals surface area (Å²) in [5, 5.41) is 8.81. The van der Waals surface area contributed by atoms with Gasteiger partial charge in [-0.1, -0.05) is 6.92 Å². The van der Waals surface area contributed by atoms with Crippen LogP contribution in [0.15, 0.2) is 38.7 Å². The molecule has 0 saturated heterocycles. The Morgan fingerprint density at radius 1 is 1.39 bits per heavy atom. The molecule has 23 heavy (non-hydrogen) atoms. The molecule has 0 spiro atoms. The monoisotopic (exact) mass is 338 g/mol. The van der Waals surface area contributed by atoms with Gasteiger partial charge in [0.25, 0.3) is 10.0 Å². The third-order valence-electron chi connectivity index (χ3n) is 3.49. The molecule has 0 radical (unpaired) electrons. The van der Waals surface area contributed by atoms with E-state index in [1.807, 2.05) is 13.1 Å². The van der Waals surface area contributed by atoms with Crippen LogP contribution in [0, 0.1) is 5.92 Å². The standard InChI is InChI=1S/C15H22N4O3S/c1-4-12-10-17-19(11-12)15(16-5-2)18-23(20,21)14-8-6-13(22-3)7-9-14/h6-10,12H,4-5,11H2,1-3H3,(H,16,18). The van der Waals surface area contributed by atoms with Crippen LogP contribution < -0.4 is 10.1 Å². The summed E-state index contributed by atoms with van der Waals surface area (Å²) in [4.78, 5) is 0.115. The maximum absolute atomic E-state index is 12.5. The van der Waals surface area contributed by atoms with Gasteiger partial charge in [0.15, 0.2) is 0 Å². The van der Waals surface area contributed by atoms with Crippen LogP contribution in [-0.2, 0) is 10.0 Å². The molecule has 0 bridgehead atoms. The lowest BCUT2D eigenvalue weighted by atomic mass is 10.1. The van der Waals surface area contributed by atoms with E-state index in [9.17, 15) is 8.42 Å². The fourth-order valence-electron chi connectivity index (χ4n) is 2.11. The summed E-state index contributed by atoms with van der Waals surface area (Å²) in [7, 11) is -2.29. The Morgan fingerprint density at radius 3 is 2.61 bits per heavy atom. The second-order valence-electron chi connectivity index (χ2n) is 5.11. The predicted molar refractivity (Wildman–Crippen MR) is 90.3 cm³/mol. The molecule has 1 atom stereocenters. The maximum Gasteiger partial charge on any atom is 0.285 e. The van der Waals surface area contributed by atoms with Crippen molar-refractivity contribution in [2.75, 3.05) is 20.2 Å². The van der Waals surface area contributed by atoms with Gasteiger partial charge in [-0.05, 0) is 37.6 Å². The number of guanidine groups is 1. The lowest BCUT2D eigenvalue weighted by Crippen LogP contribution is -2.38. The Balaban J connectivity index is 2.27. The van der Waals surface area contributed by atoms with Crippen LogP contribution in [0.5, 0.6) is 5.75 Å². The first-order valence-electron chi connectivity index (χ1n) is 7.54. The lowest BCUT2D eigenvalue weighted by molar-refractivity contribution is 0.414. The van der Waals surface area contributed by atoms with E-state index in [0.717, 1.165) is 6.42 Å². The highest BCUT2D eigenvalue weighted by Gasteiger charge is 2.23. The number of hydrogen-bond acceptors (Lipinski definition) is 4. The van der Waals surface area contributed by atoms with E-state index in [1.54, 1.807) is 17.1 Å². The highest BCUT2D eigenvalue weighted by atomic mass is 32.2. The number of hydrogen-bond donors (Lipinski definition) is 1. The molecule has 0 amide bonds. The van der Waals surface area contributed by atoms with Gasteiger partial charge in [0.05, 0.1) is 18.6 Å². The van der Waals surface area contributed by atoms with Gasteiger partial charge in [-0.2, -0.15) is 13.5 Å². The molecule has 0 aliphatic carbocycles. The summed E-state index contributed by atoms with van der Waals surface area (Å²) in [6, 6.07) is 6.14. The van der Waals surface area contributed by atoms with Crippen molar-refractivity contribution in [3.63, 3.8) is 0 Å². The van der Waals surface area contributed by atoms with Crippen molar-refractivity contribution in [1.82, 2.24) is 10.3 Å². The fraction of sp³-hybridized carbons (Fsp3) is 0.467. The average Bonchev–Trinajstić information content (AvgIpc) is 3.03. The zero-order valence-electron chi connectivity index (χ0n) is 13.6. The molecule has 0 fully saturated rings. The van der Waals surface area contributed by atoms with Crippen LogP contribution in [0.4, 0.5) is 0 Å². The number of hydrazone groups is 1. The molecule has 2 rings (SSSR count). The molecule has 1 aliphatic heterocycles.